The fraction of sp³-hybridized carbons (Fsp3) is 0. The first-order valence-electron chi connectivity index (χ1n) is 20.0. The number of nitrogens with zero attached hydrogens (tertiary/aromatic N) is 4. The molecule has 0 saturated heterocycles. The number of thiophene rings is 1. The Morgan fingerprint density at radius 2 is 0.900 bits per heavy atom. The largest absolute Gasteiger partial charge is 0.456 e. The first kappa shape index (κ1) is 34.3. The maximum absolute atomic E-state index is 6.19. The normalized spacial score (nSPS) is 11.7. The van der Waals surface area contributed by atoms with Gasteiger partial charge in [0.15, 0.2) is 17.5 Å². The Bertz CT molecular complexity index is 3520. The molecule has 0 unspecified atom stereocenters. The Labute approximate surface area is 348 Å². The van der Waals surface area contributed by atoms with Gasteiger partial charge in [-0.15, -0.1) is 11.3 Å². The van der Waals surface area contributed by atoms with Crippen LogP contribution in [0.1, 0.15) is 0 Å². The lowest BCUT2D eigenvalue weighted by atomic mass is 9.95. The second-order valence-electron chi connectivity index (χ2n) is 15.0. The molecular weight excluding hydrogens is 753 g/mol. The number of pyridine rings is 1. The molecule has 0 N–H and O–H groups in total. The standard InChI is InChI=1S/C54H32N4OS/c1-3-12-36(13-4-1)52-56-53(37-14-5-2-6-15-37)58-54(57-52)38-28-26-35(27-29-38)50-51-49(42-17-8-10-21-47(42)60-51)43-32-39(30-31-44(43)55-50)33-22-24-34(25-23-33)40-18-11-20-46-48(40)41-16-7-9-19-45(41)59-46/h1-32H. The van der Waals surface area contributed by atoms with Gasteiger partial charge >= 0.3 is 0 Å². The van der Waals surface area contributed by atoms with E-state index in [4.69, 9.17) is 24.4 Å². The lowest BCUT2D eigenvalue weighted by molar-refractivity contribution is 0.669. The second kappa shape index (κ2) is 13.9. The van der Waals surface area contributed by atoms with Crippen molar-refractivity contribution < 1.29 is 4.42 Å². The number of furan rings is 1. The van der Waals surface area contributed by atoms with Crippen molar-refractivity contribution in [3.8, 4) is 67.7 Å². The third-order valence-electron chi connectivity index (χ3n) is 11.4. The van der Waals surface area contributed by atoms with Gasteiger partial charge in [0.25, 0.3) is 0 Å². The highest BCUT2D eigenvalue weighted by Crippen LogP contribution is 2.44. The number of para-hydroxylation sites is 1. The van der Waals surface area contributed by atoms with Crippen LogP contribution in [0.4, 0.5) is 0 Å². The Kier molecular flexibility index (Phi) is 7.96. The van der Waals surface area contributed by atoms with Crippen LogP contribution in [0, 0.1) is 0 Å². The highest BCUT2D eigenvalue weighted by atomic mass is 32.1. The van der Waals surface area contributed by atoms with E-state index in [0.29, 0.717) is 17.5 Å². The molecule has 5 nitrogen and oxygen atoms in total. The van der Waals surface area contributed by atoms with Gasteiger partial charge in [-0.1, -0.05) is 164 Å². The lowest BCUT2D eigenvalue weighted by Crippen LogP contribution is -2.00. The monoisotopic (exact) mass is 784 g/mol. The summed E-state index contributed by atoms with van der Waals surface area (Å²) < 4.78 is 8.60. The van der Waals surface area contributed by atoms with Gasteiger partial charge in [-0.3, -0.25) is 0 Å². The zero-order chi connectivity index (χ0) is 39.6. The number of aromatic nitrogens is 4. The van der Waals surface area contributed by atoms with E-state index >= 15 is 0 Å². The summed E-state index contributed by atoms with van der Waals surface area (Å²) >= 11 is 1.80. The van der Waals surface area contributed by atoms with Crippen molar-refractivity contribution in [2.24, 2.45) is 0 Å². The first-order valence-corrected chi connectivity index (χ1v) is 20.8. The molecule has 60 heavy (non-hydrogen) atoms. The SMILES string of the molecule is c1ccc(-c2nc(-c3ccccc3)nc(-c3ccc(-c4nc5ccc(-c6ccc(-c7cccc8oc9ccccc9c78)cc6)cc5c5c4sc4ccccc45)cc3)n2)cc1. The minimum absolute atomic E-state index is 0.625. The van der Waals surface area contributed by atoms with E-state index in [-0.39, 0.29) is 0 Å². The van der Waals surface area contributed by atoms with Crippen LogP contribution >= 0.6 is 11.3 Å². The summed E-state index contributed by atoms with van der Waals surface area (Å²) in [6.45, 7) is 0. The van der Waals surface area contributed by atoms with Crippen LogP contribution in [-0.2, 0) is 0 Å². The van der Waals surface area contributed by atoms with Gasteiger partial charge in [0.2, 0.25) is 0 Å². The average molecular weight is 785 g/mol. The Morgan fingerprint density at radius 1 is 0.350 bits per heavy atom. The van der Waals surface area contributed by atoms with Crippen molar-refractivity contribution in [3.63, 3.8) is 0 Å². The summed E-state index contributed by atoms with van der Waals surface area (Å²) in [6.07, 6.45) is 0. The second-order valence-corrected chi connectivity index (χ2v) is 16.0. The van der Waals surface area contributed by atoms with E-state index in [1.807, 2.05) is 78.9 Å². The fourth-order valence-electron chi connectivity index (χ4n) is 8.43. The number of hydrogen-bond donors (Lipinski definition) is 0. The molecule has 4 heterocycles. The summed E-state index contributed by atoms with van der Waals surface area (Å²) in [5, 5.41) is 5.90. The molecule has 0 bridgehead atoms. The molecule has 4 aromatic heterocycles. The molecule has 0 aliphatic rings. The van der Waals surface area contributed by atoms with E-state index in [0.717, 1.165) is 77.5 Å². The molecule has 0 fully saturated rings. The van der Waals surface area contributed by atoms with Crippen LogP contribution in [0.2, 0.25) is 0 Å². The fourth-order valence-corrected chi connectivity index (χ4v) is 9.66. The maximum atomic E-state index is 6.19. The molecule has 8 aromatic carbocycles. The van der Waals surface area contributed by atoms with Crippen LogP contribution < -0.4 is 0 Å². The average Bonchev–Trinajstić information content (AvgIpc) is 3.91. The van der Waals surface area contributed by atoms with Crippen LogP contribution in [0.15, 0.2) is 199 Å². The van der Waals surface area contributed by atoms with Crippen LogP contribution in [0.25, 0.3) is 121 Å². The van der Waals surface area contributed by atoms with Crippen molar-refractivity contribution in [1.29, 1.82) is 0 Å². The number of fused-ring (bicyclic) bond motifs is 8. The van der Waals surface area contributed by atoms with Crippen molar-refractivity contribution in [2.45, 2.75) is 0 Å². The Hall–Kier alpha value is -7.80. The molecule has 6 heteroatoms. The Balaban J connectivity index is 0.942. The van der Waals surface area contributed by atoms with Crippen molar-refractivity contribution >= 4 is 64.4 Å². The van der Waals surface area contributed by atoms with Gasteiger partial charge in [0, 0.05) is 53.9 Å². The summed E-state index contributed by atoms with van der Waals surface area (Å²) in [5.41, 5.74) is 12.2. The summed E-state index contributed by atoms with van der Waals surface area (Å²) in [5.74, 6) is 1.91. The molecule has 0 atom stereocenters. The highest BCUT2D eigenvalue weighted by molar-refractivity contribution is 7.26. The van der Waals surface area contributed by atoms with Gasteiger partial charge in [0.05, 0.1) is 15.9 Å². The molecule has 0 spiro atoms. The third kappa shape index (κ3) is 5.76. The molecule has 0 saturated carbocycles. The number of benzene rings is 8. The number of hydrogen-bond acceptors (Lipinski definition) is 6. The van der Waals surface area contributed by atoms with Gasteiger partial charge in [0.1, 0.15) is 11.2 Å². The highest BCUT2D eigenvalue weighted by Gasteiger charge is 2.19. The van der Waals surface area contributed by atoms with Crippen molar-refractivity contribution in [1.82, 2.24) is 19.9 Å². The van der Waals surface area contributed by atoms with Crippen LogP contribution in [-0.4, -0.2) is 19.9 Å². The third-order valence-corrected chi connectivity index (χ3v) is 12.5. The van der Waals surface area contributed by atoms with Crippen LogP contribution in [0.5, 0.6) is 0 Å². The van der Waals surface area contributed by atoms with Gasteiger partial charge in [-0.2, -0.15) is 0 Å². The topological polar surface area (TPSA) is 64.7 Å². The van der Waals surface area contributed by atoms with E-state index in [9.17, 15) is 0 Å². The molecule has 0 aliphatic carbocycles. The van der Waals surface area contributed by atoms with E-state index in [1.165, 1.54) is 25.7 Å². The lowest BCUT2D eigenvalue weighted by Gasteiger charge is -2.11. The van der Waals surface area contributed by atoms with Crippen LogP contribution in [0.3, 0.4) is 0 Å². The molecule has 12 rings (SSSR count). The summed E-state index contributed by atoms with van der Waals surface area (Å²) in [4.78, 5) is 20.2. The zero-order valence-corrected chi connectivity index (χ0v) is 32.9. The smallest absolute Gasteiger partial charge is 0.164 e. The quantitative estimate of drug-likeness (QED) is 0.168. The van der Waals surface area contributed by atoms with Gasteiger partial charge in [-0.05, 0) is 52.6 Å². The predicted molar refractivity (Wildman–Crippen MR) is 248 cm³/mol. The molecule has 0 radical (unpaired) electrons. The van der Waals surface area contributed by atoms with E-state index in [1.54, 1.807) is 11.3 Å². The molecule has 280 valence electrons. The molecule has 0 aliphatic heterocycles. The maximum Gasteiger partial charge on any atom is 0.164 e. The summed E-state index contributed by atoms with van der Waals surface area (Å²) in [6, 6.07) is 67.4. The minimum Gasteiger partial charge on any atom is -0.456 e. The van der Waals surface area contributed by atoms with Crippen molar-refractivity contribution in [3.05, 3.63) is 194 Å². The first-order chi connectivity index (χ1) is 29.7. The number of rotatable bonds is 6. The minimum atomic E-state index is 0.625. The van der Waals surface area contributed by atoms with E-state index < -0.39 is 0 Å². The molecular formula is C54H32N4OS. The Morgan fingerprint density at radius 3 is 1.62 bits per heavy atom. The van der Waals surface area contributed by atoms with Crippen molar-refractivity contribution in [2.75, 3.05) is 0 Å². The van der Waals surface area contributed by atoms with E-state index in [2.05, 4.69) is 115 Å². The molecule has 0 amide bonds. The van der Waals surface area contributed by atoms with Gasteiger partial charge < -0.3 is 4.42 Å². The predicted octanol–water partition coefficient (Wildman–Crippen LogP) is 14.7. The molecule has 12 aromatic rings. The zero-order valence-electron chi connectivity index (χ0n) is 32.1. The van der Waals surface area contributed by atoms with Gasteiger partial charge in [-0.25, -0.2) is 19.9 Å². The summed E-state index contributed by atoms with van der Waals surface area (Å²) in [7, 11) is 0.